The number of carbonyl (C=O) groups excluding carboxylic acids is 1. The van der Waals surface area contributed by atoms with Crippen LogP contribution in [-0.4, -0.2) is 18.5 Å². The quantitative estimate of drug-likeness (QED) is 0.801. The Balaban J connectivity index is 2.28. The number of ether oxygens (including phenoxy) is 1. The van der Waals surface area contributed by atoms with Crippen molar-refractivity contribution in [3.63, 3.8) is 0 Å². The van der Waals surface area contributed by atoms with Crippen molar-refractivity contribution >= 4 is 5.78 Å². The van der Waals surface area contributed by atoms with Crippen molar-refractivity contribution in [2.45, 2.75) is 31.3 Å². The number of nitriles is 1. The van der Waals surface area contributed by atoms with Gasteiger partial charge in [0, 0.05) is 6.61 Å². The van der Waals surface area contributed by atoms with Crippen LogP contribution in [0.2, 0.25) is 0 Å². The van der Waals surface area contributed by atoms with Crippen LogP contribution in [0, 0.1) is 28.8 Å². The van der Waals surface area contributed by atoms with Gasteiger partial charge in [-0.25, -0.2) is 13.2 Å². The van der Waals surface area contributed by atoms with E-state index in [0.717, 1.165) is 12.8 Å². The molecule has 6 heteroatoms. The fraction of sp³-hybridized carbons (Fsp3) is 0.429. The Morgan fingerprint density at radius 3 is 2.45 bits per heavy atom. The van der Waals surface area contributed by atoms with Crippen LogP contribution in [0.25, 0.3) is 0 Å². The lowest BCUT2D eigenvalue weighted by molar-refractivity contribution is -0.133. The van der Waals surface area contributed by atoms with E-state index >= 15 is 0 Å². The van der Waals surface area contributed by atoms with Crippen molar-refractivity contribution in [3.8, 4) is 6.07 Å². The summed E-state index contributed by atoms with van der Waals surface area (Å²) in [6.45, 7) is 0.417. The van der Waals surface area contributed by atoms with Crippen LogP contribution in [0.4, 0.5) is 13.2 Å². The Labute approximate surface area is 114 Å². The van der Waals surface area contributed by atoms with Crippen molar-refractivity contribution in [1.29, 1.82) is 5.26 Å². The molecule has 1 heterocycles. The Kier molecular flexibility index (Phi) is 4.40. The van der Waals surface area contributed by atoms with Gasteiger partial charge >= 0.3 is 0 Å². The number of hydrogen-bond acceptors (Lipinski definition) is 3. The SMILES string of the molecule is N#CC(C(=O)C1CCCCO1)c1cc(F)c(F)c(F)c1. The molecule has 0 spiro atoms. The van der Waals surface area contributed by atoms with Crippen molar-refractivity contribution in [1.82, 2.24) is 0 Å². The first-order valence-corrected chi connectivity index (χ1v) is 6.24. The molecule has 1 aliphatic heterocycles. The van der Waals surface area contributed by atoms with Gasteiger partial charge in [0.1, 0.15) is 12.0 Å². The Bertz CT molecular complexity index is 539. The number of ketones is 1. The summed E-state index contributed by atoms with van der Waals surface area (Å²) in [6, 6.07) is 3.05. The minimum atomic E-state index is -1.62. The second-order valence-corrected chi connectivity index (χ2v) is 4.62. The summed E-state index contributed by atoms with van der Waals surface area (Å²) < 4.78 is 44.5. The molecule has 20 heavy (non-hydrogen) atoms. The zero-order valence-corrected chi connectivity index (χ0v) is 10.5. The van der Waals surface area contributed by atoms with Gasteiger partial charge in [0.15, 0.2) is 23.2 Å². The topological polar surface area (TPSA) is 50.1 Å². The third-order valence-electron chi connectivity index (χ3n) is 3.25. The molecule has 0 aromatic heterocycles. The van der Waals surface area contributed by atoms with Crippen molar-refractivity contribution < 1.29 is 22.7 Å². The molecule has 2 rings (SSSR count). The molecule has 1 aromatic rings. The highest BCUT2D eigenvalue weighted by atomic mass is 19.2. The van der Waals surface area contributed by atoms with Crippen LogP contribution in [-0.2, 0) is 9.53 Å². The predicted octanol–water partition coefficient (Wildman–Crippen LogP) is 2.85. The third kappa shape index (κ3) is 2.83. The molecule has 0 bridgehead atoms. The molecule has 3 nitrogen and oxygen atoms in total. The highest BCUT2D eigenvalue weighted by Gasteiger charge is 2.31. The van der Waals surface area contributed by atoms with Gasteiger partial charge in [-0.2, -0.15) is 5.26 Å². The molecule has 2 atom stereocenters. The second-order valence-electron chi connectivity index (χ2n) is 4.62. The van der Waals surface area contributed by atoms with Gasteiger partial charge in [0.05, 0.1) is 6.07 Å². The number of hydrogen-bond donors (Lipinski definition) is 0. The van der Waals surface area contributed by atoms with E-state index in [1.807, 2.05) is 0 Å². The Hall–Kier alpha value is -1.87. The minimum absolute atomic E-state index is 0.192. The molecule has 0 saturated carbocycles. The second kappa shape index (κ2) is 6.06. The number of Topliss-reactive ketones (excluding diaryl/α,β-unsaturated/α-hetero) is 1. The number of halogens is 3. The summed E-state index contributed by atoms with van der Waals surface area (Å²) in [5.41, 5.74) is -0.192. The monoisotopic (exact) mass is 283 g/mol. The normalized spacial score (nSPS) is 20.2. The molecular weight excluding hydrogens is 271 g/mol. The van der Waals surface area contributed by atoms with Crippen LogP contribution in [0.15, 0.2) is 12.1 Å². The summed E-state index contributed by atoms with van der Waals surface area (Å²) >= 11 is 0. The van der Waals surface area contributed by atoms with Crippen LogP contribution in [0.5, 0.6) is 0 Å². The van der Waals surface area contributed by atoms with E-state index in [1.54, 1.807) is 6.07 Å². The molecule has 1 fully saturated rings. The van der Waals surface area contributed by atoms with Gasteiger partial charge < -0.3 is 4.74 Å². The maximum atomic E-state index is 13.2. The van der Waals surface area contributed by atoms with Gasteiger partial charge in [0.2, 0.25) is 0 Å². The van der Waals surface area contributed by atoms with E-state index in [4.69, 9.17) is 10.00 Å². The molecular formula is C14H12F3NO2. The summed E-state index contributed by atoms with van der Waals surface area (Å²) in [6.07, 6.45) is 1.36. The summed E-state index contributed by atoms with van der Waals surface area (Å²) in [5, 5.41) is 9.07. The van der Waals surface area contributed by atoms with Crippen LogP contribution in [0.3, 0.4) is 0 Å². The minimum Gasteiger partial charge on any atom is -0.370 e. The lowest BCUT2D eigenvalue weighted by Crippen LogP contribution is -2.32. The molecule has 0 aliphatic carbocycles. The number of rotatable bonds is 3. The average Bonchev–Trinajstić information content (AvgIpc) is 2.46. The standard InChI is InChI=1S/C14H12F3NO2/c15-10-5-8(6-11(16)13(10)17)9(7-18)14(19)12-3-1-2-4-20-12/h5-6,9,12H,1-4H2. The van der Waals surface area contributed by atoms with Crippen molar-refractivity contribution in [3.05, 3.63) is 35.1 Å². The molecule has 1 saturated heterocycles. The fourth-order valence-corrected chi connectivity index (χ4v) is 2.20. The molecule has 2 unspecified atom stereocenters. The smallest absolute Gasteiger partial charge is 0.194 e. The molecule has 0 N–H and O–H groups in total. The zero-order valence-electron chi connectivity index (χ0n) is 10.5. The molecule has 0 amide bonds. The van der Waals surface area contributed by atoms with E-state index < -0.39 is 35.3 Å². The zero-order chi connectivity index (χ0) is 14.7. The third-order valence-corrected chi connectivity index (χ3v) is 3.25. The van der Waals surface area contributed by atoms with E-state index in [9.17, 15) is 18.0 Å². The maximum Gasteiger partial charge on any atom is 0.194 e. The predicted molar refractivity (Wildman–Crippen MR) is 63.3 cm³/mol. The first kappa shape index (κ1) is 14.5. The first-order chi connectivity index (χ1) is 9.54. The number of carbonyl (C=O) groups is 1. The van der Waals surface area contributed by atoms with Gasteiger partial charge in [0.25, 0.3) is 0 Å². The number of nitrogens with zero attached hydrogens (tertiary/aromatic N) is 1. The van der Waals surface area contributed by atoms with Gasteiger partial charge in [-0.3, -0.25) is 4.79 Å². The first-order valence-electron chi connectivity index (χ1n) is 6.24. The highest BCUT2D eigenvalue weighted by molar-refractivity contribution is 5.92. The average molecular weight is 283 g/mol. The van der Waals surface area contributed by atoms with Crippen molar-refractivity contribution in [2.24, 2.45) is 0 Å². The molecule has 0 radical (unpaired) electrons. The Morgan fingerprint density at radius 2 is 1.95 bits per heavy atom. The van der Waals surface area contributed by atoms with E-state index in [-0.39, 0.29) is 5.56 Å². The van der Waals surface area contributed by atoms with Crippen molar-refractivity contribution in [2.75, 3.05) is 6.61 Å². The summed E-state index contributed by atoms with van der Waals surface area (Å²) in [7, 11) is 0. The van der Waals surface area contributed by atoms with E-state index in [2.05, 4.69) is 0 Å². The molecule has 1 aliphatic rings. The highest BCUT2D eigenvalue weighted by Crippen LogP contribution is 2.25. The number of benzene rings is 1. The molecule has 106 valence electrons. The van der Waals surface area contributed by atoms with Gasteiger partial charge in [-0.05, 0) is 37.0 Å². The van der Waals surface area contributed by atoms with Crippen LogP contribution in [0.1, 0.15) is 30.7 Å². The molecule has 1 aromatic carbocycles. The fourth-order valence-electron chi connectivity index (χ4n) is 2.20. The van der Waals surface area contributed by atoms with Gasteiger partial charge in [-0.1, -0.05) is 0 Å². The van der Waals surface area contributed by atoms with Crippen LogP contribution >= 0.6 is 0 Å². The van der Waals surface area contributed by atoms with E-state index in [0.29, 0.717) is 25.2 Å². The summed E-state index contributed by atoms with van der Waals surface area (Å²) in [5.74, 6) is -6.36. The summed E-state index contributed by atoms with van der Waals surface area (Å²) in [4.78, 5) is 12.2. The Morgan fingerprint density at radius 1 is 1.30 bits per heavy atom. The maximum absolute atomic E-state index is 13.2. The lowest BCUT2D eigenvalue weighted by Gasteiger charge is -2.23. The largest absolute Gasteiger partial charge is 0.370 e. The van der Waals surface area contributed by atoms with Crippen LogP contribution < -0.4 is 0 Å². The van der Waals surface area contributed by atoms with E-state index in [1.165, 1.54) is 0 Å². The lowest BCUT2D eigenvalue weighted by atomic mass is 9.90. The van der Waals surface area contributed by atoms with Gasteiger partial charge in [-0.15, -0.1) is 0 Å².